The molecule has 3 atom stereocenters. The third kappa shape index (κ3) is 2.71. The molecule has 0 saturated carbocycles. The molecule has 3 aromatic rings. The van der Waals surface area contributed by atoms with E-state index in [1.807, 2.05) is 54.6 Å². The molecule has 0 amide bonds. The van der Waals surface area contributed by atoms with Crippen LogP contribution in [0, 0.1) is 0 Å². The Labute approximate surface area is 144 Å². The van der Waals surface area contributed by atoms with Crippen molar-refractivity contribution in [1.29, 1.82) is 0 Å². The Hall–Kier alpha value is -2.21. The molecule has 1 aromatic heterocycles. The van der Waals surface area contributed by atoms with Crippen molar-refractivity contribution in [2.75, 3.05) is 0 Å². The Morgan fingerprint density at radius 3 is 2.58 bits per heavy atom. The Morgan fingerprint density at radius 2 is 1.88 bits per heavy atom. The van der Waals surface area contributed by atoms with Crippen LogP contribution in [-0.4, -0.2) is 26.0 Å². The van der Waals surface area contributed by atoms with Crippen molar-refractivity contribution in [3.05, 3.63) is 83.4 Å². The molecule has 1 unspecified atom stereocenters. The van der Waals surface area contributed by atoms with E-state index >= 15 is 0 Å². The van der Waals surface area contributed by atoms with E-state index in [1.165, 1.54) is 6.33 Å². The van der Waals surface area contributed by atoms with Crippen LogP contribution in [0.1, 0.15) is 17.2 Å². The number of halogens is 1. The fraction of sp³-hybridized carbons (Fsp3) is 0.222. The first-order chi connectivity index (χ1) is 11.7. The van der Waals surface area contributed by atoms with Crippen molar-refractivity contribution in [1.82, 2.24) is 14.8 Å². The summed E-state index contributed by atoms with van der Waals surface area (Å²) in [5.74, 6) is 0. The minimum absolute atomic E-state index is 0.243. The number of hydrogen-bond donors (Lipinski definition) is 1. The number of epoxide rings is 1. The SMILES string of the molecule is OC(Cn1cncn1)(c1ccccc1)[C@@H]1O[C@H]1c1ccccc1Cl. The lowest BCUT2D eigenvalue weighted by Crippen LogP contribution is -2.37. The molecule has 1 saturated heterocycles. The average Bonchev–Trinajstić information content (AvgIpc) is 3.26. The van der Waals surface area contributed by atoms with Crippen molar-refractivity contribution < 1.29 is 9.84 Å². The number of aromatic nitrogens is 3. The first-order valence-corrected chi connectivity index (χ1v) is 8.06. The first-order valence-electron chi connectivity index (χ1n) is 7.69. The van der Waals surface area contributed by atoms with Gasteiger partial charge in [-0.2, -0.15) is 5.10 Å². The van der Waals surface area contributed by atoms with E-state index in [2.05, 4.69) is 10.1 Å². The number of rotatable bonds is 5. The van der Waals surface area contributed by atoms with E-state index in [4.69, 9.17) is 16.3 Å². The minimum Gasteiger partial charge on any atom is -0.380 e. The van der Waals surface area contributed by atoms with Crippen molar-refractivity contribution in [3.63, 3.8) is 0 Å². The Bertz CT molecular complexity index is 825. The molecule has 6 heteroatoms. The maximum Gasteiger partial charge on any atom is 0.138 e. The van der Waals surface area contributed by atoms with Crippen LogP contribution < -0.4 is 0 Å². The number of benzene rings is 2. The molecule has 1 aliphatic rings. The zero-order chi connectivity index (χ0) is 16.6. The zero-order valence-electron chi connectivity index (χ0n) is 12.8. The van der Waals surface area contributed by atoms with Gasteiger partial charge in [0.1, 0.15) is 30.5 Å². The molecule has 24 heavy (non-hydrogen) atoms. The maximum atomic E-state index is 11.5. The third-order valence-corrected chi connectivity index (χ3v) is 4.66. The van der Waals surface area contributed by atoms with Crippen LogP contribution in [0.25, 0.3) is 0 Å². The van der Waals surface area contributed by atoms with Gasteiger partial charge in [0.05, 0.1) is 6.54 Å². The van der Waals surface area contributed by atoms with Gasteiger partial charge in [-0.3, -0.25) is 0 Å². The number of ether oxygens (including phenoxy) is 1. The number of nitrogens with zero attached hydrogens (tertiary/aromatic N) is 3. The van der Waals surface area contributed by atoms with Gasteiger partial charge in [0.25, 0.3) is 0 Å². The van der Waals surface area contributed by atoms with Crippen LogP contribution in [0.15, 0.2) is 67.3 Å². The summed E-state index contributed by atoms with van der Waals surface area (Å²) in [6, 6.07) is 17.0. The molecule has 0 bridgehead atoms. The molecule has 2 aromatic carbocycles. The zero-order valence-corrected chi connectivity index (χ0v) is 13.5. The van der Waals surface area contributed by atoms with E-state index in [0.29, 0.717) is 5.02 Å². The van der Waals surface area contributed by atoms with E-state index in [0.717, 1.165) is 11.1 Å². The van der Waals surface area contributed by atoms with Gasteiger partial charge < -0.3 is 9.84 Å². The smallest absolute Gasteiger partial charge is 0.138 e. The maximum absolute atomic E-state index is 11.5. The summed E-state index contributed by atoms with van der Waals surface area (Å²) in [6.45, 7) is 0.253. The molecule has 4 rings (SSSR count). The average molecular weight is 342 g/mol. The highest BCUT2D eigenvalue weighted by atomic mass is 35.5. The summed E-state index contributed by atoms with van der Waals surface area (Å²) >= 11 is 6.27. The molecular formula is C18H16ClN3O2. The van der Waals surface area contributed by atoms with Gasteiger partial charge in [-0.05, 0) is 11.6 Å². The predicted molar refractivity (Wildman–Crippen MR) is 89.4 cm³/mol. The van der Waals surface area contributed by atoms with Crippen LogP contribution in [0.3, 0.4) is 0 Å². The summed E-state index contributed by atoms with van der Waals surface area (Å²) in [5, 5.41) is 16.2. The van der Waals surface area contributed by atoms with Gasteiger partial charge in [-0.25, -0.2) is 9.67 Å². The highest BCUT2D eigenvalue weighted by molar-refractivity contribution is 6.31. The molecule has 1 aliphatic heterocycles. The molecule has 0 aliphatic carbocycles. The summed E-state index contributed by atoms with van der Waals surface area (Å²) < 4.78 is 7.47. The summed E-state index contributed by atoms with van der Waals surface area (Å²) in [4.78, 5) is 3.95. The van der Waals surface area contributed by atoms with E-state index in [1.54, 1.807) is 11.0 Å². The van der Waals surface area contributed by atoms with Crippen molar-refractivity contribution in [2.45, 2.75) is 24.4 Å². The minimum atomic E-state index is -1.22. The van der Waals surface area contributed by atoms with E-state index in [-0.39, 0.29) is 12.6 Å². The van der Waals surface area contributed by atoms with Gasteiger partial charge in [0.15, 0.2) is 0 Å². The molecule has 1 fully saturated rings. The Balaban J connectivity index is 1.68. The molecule has 0 radical (unpaired) electrons. The second-order valence-electron chi connectivity index (χ2n) is 5.88. The molecule has 2 heterocycles. The van der Waals surface area contributed by atoms with Crippen LogP contribution in [-0.2, 0) is 16.9 Å². The van der Waals surface area contributed by atoms with Gasteiger partial charge in [-0.15, -0.1) is 0 Å². The summed E-state index contributed by atoms with van der Waals surface area (Å²) in [7, 11) is 0. The second-order valence-corrected chi connectivity index (χ2v) is 6.29. The predicted octanol–water partition coefficient (Wildman–Crippen LogP) is 2.96. The quantitative estimate of drug-likeness (QED) is 0.725. The number of hydrogen-bond acceptors (Lipinski definition) is 4. The molecule has 5 nitrogen and oxygen atoms in total. The van der Waals surface area contributed by atoms with E-state index < -0.39 is 11.7 Å². The van der Waals surface area contributed by atoms with Crippen molar-refractivity contribution >= 4 is 11.6 Å². The number of aliphatic hydroxyl groups is 1. The monoisotopic (exact) mass is 341 g/mol. The molecule has 0 spiro atoms. The Kier molecular flexibility index (Phi) is 3.84. The van der Waals surface area contributed by atoms with Crippen LogP contribution >= 0.6 is 11.6 Å². The normalized spacial score (nSPS) is 22.1. The third-order valence-electron chi connectivity index (χ3n) is 4.32. The van der Waals surface area contributed by atoms with Gasteiger partial charge in [0.2, 0.25) is 0 Å². The Morgan fingerprint density at radius 1 is 1.12 bits per heavy atom. The van der Waals surface area contributed by atoms with Crippen molar-refractivity contribution in [2.24, 2.45) is 0 Å². The lowest BCUT2D eigenvalue weighted by atomic mass is 9.87. The van der Waals surface area contributed by atoms with Crippen LogP contribution in [0.4, 0.5) is 0 Å². The largest absolute Gasteiger partial charge is 0.380 e. The van der Waals surface area contributed by atoms with Crippen molar-refractivity contribution in [3.8, 4) is 0 Å². The van der Waals surface area contributed by atoms with Gasteiger partial charge in [0, 0.05) is 10.6 Å². The highest BCUT2D eigenvalue weighted by Gasteiger charge is 2.56. The highest BCUT2D eigenvalue weighted by Crippen LogP contribution is 2.51. The first kappa shape index (κ1) is 15.3. The lowest BCUT2D eigenvalue weighted by Gasteiger charge is -2.27. The van der Waals surface area contributed by atoms with Gasteiger partial charge >= 0.3 is 0 Å². The second kappa shape index (κ2) is 6.02. The van der Waals surface area contributed by atoms with Gasteiger partial charge in [-0.1, -0.05) is 60.1 Å². The fourth-order valence-corrected chi connectivity index (χ4v) is 3.29. The van der Waals surface area contributed by atoms with Crippen LogP contribution in [0.5, 0.6) is 0 Å². The fourth-order valence-electron chi connectivity index (χ4n) is 3.05. The van der Waals surface area contributed by atoms with Crippen LogP contribution in [0.2, 0.25) is 5.02 Å². The molecule has 1 N–H and O–H groups in total. The standard InChI is InChI=1S/C18H16ClN3O2/c19-15-9-5-4-8-14(15)16-17(24-16)18(23,10-22-12-20-11-21-22)13-6-2-1-3-7-13/h1-9,11-12,16-17,23H,10H2/t16-,17+,18?/m0/s1. The molecular weight excluding hydrogens is 326 g/mol. The summed E-state index contributed by atoms with van der Waals surface area (Å²) in [5.41, 5.74) is 0.441. The summed E-state index contributed by atoms with van der Waals surface area (Å²) in [6.07, 6.45) is 2.39. The molecule has 122 valence electrons. The lowest BCUT2D eigenvalue weighted by molar-refractivity contribution is -0.0123. The van der Waals surface area contributed by atoms with E-state index in [9.17, 15) is 5.11 Å². The topological polar surface area (TPSA) is 63.5 Å².